The van der Waals surface area contributed by atoms with E-state index in [4.69, 9.17) is 11.6 Å². The predicted octanol–water partition coefficient (Wildman–Crippen LogP) is 3.69. The van der Waals surface area contributed by atoms with Gasteiger partial charge in [0.25, 0.3) is 5.91 Å². The van der Waals surface area contributed by atoms with Crippen molar-refractivity contribution in [2.24, 2.45) is 4.99 Å². The average Bonchev–Trinajstić information content (AvgIpc) is 2.92. The largest absolute Gasteiger partial charge is 0.312 e. The Kier molecular flexibility index (Phi) is 5.13. The minimum absolute atomic E-state index is 0.229. The first-order chi connectivity index (χ1) is 12.3. The number of allylic oxidation sites excluding steroid dienone is 1. The normalized spacial score (nSPS) is 12.5. The van der Waals surface area contributed by atoms with Crippen LogP contribution in [-0.4, -0.2) is 25.1 Å². The van der Waals surface area contributed by atoms with Gasteiger partial charge in [-0.15, -0.1) is 6.58 Å². The Morgan fingerprint density at radius 1 is 1.27 bits per heavy atom. The van der Waals surface area contributed by atoms with Gasteiger partial charge in [0, 0.05) is 23.4 Å². The second-order valence-electron chi connectivity index (χ2n) is 5.61. The highest BCUT2D eigenvalue weighted by Gasteiger charge is 2.13. The minimum atomic E-state index is -3.31. The third kappa shape index (κ3) is 3.80. The number of carbonyl (C=O) groups is 1. The van der Waals surface area contributed by atoms with Gasteiger partial charge in [-0.1, -0.05) is 29.0 Å². The fourth-order valence-corrected chi connectivity index (χ4v) is 4.34. The summed E-state index contributed by atoms with van der Waals surface area (Å²) in [5.41, 5.74) is 1.22. The SMILES string of the molecule is C=CCn1c(=NC(=O)c2ccc(Cl)cc2)sc2cc(S(C)(=O)=O)ccc21. The fourth-order valence-electron chi connectivity index (χ4n) is 2.42. The Morgan fingerprint density at radius 3 is 2.58 bits per heavy atom. The first-order valence-electron chi connectivity index (χ1n) is 7.58. The van der Waals surface area contributed by atoms with Gasteiger partial charge in [0.15, 0.2) is 14.6 Å². The molecular formula is C18H15ClN2O3S2. The molecule has 0 N–H and O–H groups in total. The van der Waals surface area contributed by atoms with E-state index in [1.165, 1.54) is 11.3 Å². The van der Waals surface area contributed by atoms with Crippen LogP contribution in [0.2, 0.25) is 5.02 Å². The van der Waals surface area contributed by atoms with Crippen LogP contribution in [0.1, 0.15) is 10.4 Å². The van der Waals surface area contributed by atoms with Crippen LogP contribution in [0.3, 0.4) is 0 Å². The third-order valence-corrected chi connectivity index (χ3v) is 6.09. The molecule has 134 valence electrons. The van der Waals surface area contributed by atoms with Gasteiger partial charge >= 0.3 is 0 Å². The molecule has 0 unspecified atom stereocenters. The van der Waals surface area contributed by atoms with Crippen molar-refractivity contribution in [2.75, 3.05) is 6.26 Å². The van der Waals surface area contributed by atoms with Gasteiger partial charge in [0.1, 0.15) is 0 Å². The zero-order valence-corrected chi connectivity index (χ0v) is 16.2. The summed E-state index contributed by atoms with van der Waals surface area (Å²) < 4.78 is 26.1. The van der Waals surface area contributed by atoms with Crippen LogP contribution in [0.4, 0.5) is 0 Å². The van der Waals surface area contributed by atoms with Crippen molar-refractivity contribution in [1.29, 1.82) is 0 Å². The van der Waals surface area contributed by atoms with E-state index >= 15 is 0 Å². The van der Waals surface area contributed by atoms with Crippen molar-refractivity contribution in [1.82, 2.24) is 4.57 Å². The zero-order valence-electron chi connectivity index (χ0n) is 13.8. The molecule has 3 rings (SSSR count). The number of hydrogen-bond acceptors (Lipinski definition) is 4. The van der Waals surface area contributed by atoms with E-state index in [-0.39, 0.29) is 4.90 Å². The molecule has 3 aromatic rings. The predicted molar refractivity (Wildman–Crippen MR) is 104 cm³/mol. The zero-order chi connectivity index (χ0) is 18.9. The highest BCUT2D eigenvalue weighted by molar-refractivity contribution is 7.90. The Bertz CT molecular complexity index is 1170. The van der Waals surface area contributed by atoms with Crippen molar-refractivity contribution in [3.63, 3.8) is 0 Å². The highest BCUT2D eigenvalue weighted by atomic mass is 35.5. The van der Waals surface area contributed by atoms with Crippen molar-refractivity contribution in [2.45, 2.75) is 11.4 Å². The quantitative estimate of drug-likeness (QED) is 0.620. The first-order valence-corrected chi connectivity index (χ1v) is 10.7. The van der Waals surface area contributed by atoms with Crippen molar-refractivity contribution in [3.8, 4) is 0 Å². The molecule has 0 fully saturated rings. The van der Waals surface area contributed by atoms with Crippen LogP contribution < -0.4 is 4.80 Å². The summed E-state index contributed by atoms with van der Waals surface area (Å²) in [6, 6.07) is 11.4. The fraction of sp³-hybridized carbons (Fsp3) is 0.111. The maximum atomic E-state index is 12.4. The highest BCUT2D eigenvalue weighted by Crippen LogP contribution is 2.22. The summed E-state index contributed by atoms with van der Waals surface area (Å²) in [6.45, 7) is 4.18. The van der Waals surface area contributed by atoms with E-state index in [0.717, 1.165) is 16.5 Å². The number of benzene rings is 2. The third-order valence-electron chi connectivity index (χ3n) is 3.68. The molecule has 0 spiro atoms. The summed E-state index contributed by atoms with van der Waals surface area (Å²) in [7, 11) is -3.31. The van der Waals surface area contributed by atoms with Crippen LogP contribution in [0.15, 0.2) is 65.0 Å². The van der Waals surface area contributed by atoms with Crippen LogP contribution in [0, 0.1) is 0 Å². The summed E-state index contributed by atoms with van der Waals surface area (Å²) >= 11 is 7.10. The lowest BCUT2D eigenvalue weighted by molar-refractivity contribution is 0.0998. The van der Waals surface area contributed by atoms with Crippen LogP contribution in [-0.2, 0) is 16.4 Å². The van der Waals surface area contributed by atoms with Gasteiger partial charge in [-0.05, 0) is 42.5 Å². The summed E-state index contributed by atoms with van der Waals surface area (Å²) in [5, 5.41) is 0.540. The van der Waals surface area contributed by atoms with Gasteiger partial charge in [-0.25, -0.2) is 8.42 Å². The lowest BCUT2D eigenvalue weighted by Gasteiger charge is -2.02. The maximum Gasteiger partial charge on any atom is 0.279 e. The number of rotatable bonds is 4. The first kappa shape index (κ1) is 18.6. The summed E-state index contributed by atoms with van der Waals surface area (Å²) in [6.07, 6.45) is 2.86. The molecule has 8 heteroatoms. The number of aromatic nitrogens is 1. The molecule has 1 heterocycles. The Labute approximate surface area is 159 Å². The Balaban J connectivity index is 2.17. The van der Waals surface area contributed by atoms with Crippen molar-refractivity contribution >= 4 is 48.9 Å². The standard InChI is InChI=1S/C18H15ClN2O3S2/c1-3-10-21-15-9-8-14(26(2,23)24)11-16(15)25-18(21)20-17(22)12-4-6-13(19)7-5-12/h3-9,11H,1,10H2,2H3. The summed E-state index contributed by atoms with van der Waals surface area (Å²) in [5.74, 6) is -0.394. The number of sulfone groups is 1. The van der Waals surface area contributed by atoms with Crippen LogP contribution in [0.25, 0.3) is 10.2 Å². The molecule has 2 aromatic carbocycles. The van der Waals surface area contributed by atoms with E-state index < -0.39 is 15.7 Å². The molecule has 1 amide bonds. The van der Waals surface area contributed by atoms with Gasteiger partial charge in [0.05, 0.1) is 15.1 Å². The van der Waals surface area contributed by atoms with Gasteiger partial charge in [-0.3, -0.25) is 4.79 Å². The Hall–Kier alpha value is -2.22. The molecule has 0 bridgehead atoms. The van der Waals surface area contributed by atoms with Gasteiger partial charge in [-0.2, -0.15) is 4.99 Å². The summed E-state index contributed by atoms with van der Waals surface area (Å²) in [4.78, 5) is 17.4. The minimum Gasteiger partial charge on any atom is -0.312 e. The number of thiazole rings is 1. The molecule has 0 aliphatic carbocycles. The number of hydrogen-bond donors (Lipinski definition) is 0. The molecule has 0 aliphatic rings. The second kappa shape index (κ2) is 7.19. The smallest absolute Gasteiger partial charge is 0.279 e. The molecule has 0 saturated heterocycles. The molecule has 1 aromatic heterocycles. The van der Waals surface area contributed by atoms with E-state index in [0.29, 0.717) is 21.9 Å². The number of nitrogens with zero attached hydrogens (tertiary/aromatic N) is 2. The number of halogens is 1. The van der Waals surface area contributed by atoms with Crippen LogP contribution >= 0.6 is 22.9 Å². The molecule has 0 radical (unpaired) electrons. The lowest BCUT2D eigenvalue weighted by atomic mass is 10.2. The molecule has 0 saturated carbocycles. The Morgan fingerprint density at radius 2 is 1.96 bits per heavy atom. The van der Waals surface area contributed by atoms with E-state index in [2.05, 4.69) is 11.6 Å². The average molecular weight is 407 g/mol. The van der Waals surface area contributed by atoms with E-state index in [9.17, 15) is 13.2 Å². The van der Waals surface area contributed by atoms with E-state index in [1.807, 2.05) is 4.57 Å². The number of amides is 1. The van der Waals surface area contributed by atoms with E-state index in [1.54, 1.807) is 48.5 Å². The van der Waals surface area contributed by atoms with Crippen molar-refractivity contribution in [3.05, 3.63) is 70.5 Å². The van der Waals surface area contributed by atoms with Crippen molar-refractivity contribution < 1.29 is 13.2 Å². The number of carbonyl (C=O) groups excluding carboxylic acids is 1. The monoisotopic (exact) mass is 406 g/mol. The lowest BCUT2D eigenvalue weighted by Crippen LogP contribution is -2.16. The molecule has 0 aliphatic heterocycles. The molecule has 0 atom stereocenters. The maximum absolute atomic E-state index is 12.4. The molecule has 5 nitrogen and oxygen atoms in total. The number of fused-ring (bicyclic) bond motifs is 1. The molecule has 26 heavy (non-hydrogen) atoms. The van der Waals surface area contributed by atoms with Gasteiger partial charge in [0.2, 0.25) is 0 Å². The van der Waals surface area contributed by atoms with Gasteiger partial charge < -0.3 is 4.57 Å². The second-order valence-corrected chi connectivity index (χ2v) is 9.07. The molecular weight excluding hydrogens is 392 g/mol. The topological polar surface area (TPSA) is 68.5 Å². The van der Waals surface area contributed by atoms with Crippen LogP contribution in [0.5, 0.6) is 0 Å².